The largest absolute Gasteiger partial charge is 0.391 e. The number of carbonyl (C=O) groups is 3. The van der Waals surface area contributed by atoms with Crippen molar-refractivity contribution >= 4 is 45.9 Å². The number of aliphatic hydroxyl groups excluding tert-OH is 1. The third-order valence-electron chi connectivity index (χ3n) is 6.10. The molecular formula is C23H22ClN5O4. The zero-order valence-corrected chi connectivity index (χ0v) is 18.4. The number of nitrogens with zero attached hydrogens (tertiary/aromatic N) is 3. The van der Waals surface area contributed by atoms with Gasteiger partial charge in [-0.3, -0.25) is 14.4 Å². The van der Waals surface area contributed by atoms with Crippen molar-refractivity contribution in [2.45, 2.75) is 25.0 Å². The Bertz CT molecular complexity index is 1260. The van der Waals surface area contributed by atoms with Crippen molar-refractivity contribution in [1.82, 2.24) is 20.2 Å². The quantitative estimate of drug-likeness (QED) is 0.502. The Morgan fingerprint density at radius 2 is 2.09 bits per heavy atom. The zero-order valence-electron chi connectivity index (χ0n) is 17.6. The molecule has 33 heavy (non-hydrogen) atoms. The van der Waals surface area contributed by atoms with E-state index < -0.39 is 18.1 Å². The molecule has 1 saturated heterocycles. The van der Waals surface area contributed by atoms with Crippen LogP contribution in [0.15, 0.2) is 42.6 Å². The summed E-state index contributed by atoms with van der Waals surface area (Å²) in [6.45, 7) is 0.580. The molecule has 2 aliphatic rings. The molecule has 5 rings (SSSR count). The molecule has 1 fully saturated rings. The number of halogens is 1. The third kappa shape index (κ3) is 4.17. The number of para-hydroxylation sites is 1. The fourth-order valence-electron chi connectivity index (χ4n) is 4.40. The van der Waals surface area contributed by atoms with E-state index in [1.54, 1.807) is 29.3 Å². The molecule has 10 heteroatoms. The van der Waals surface area contributed by atoms with E-state index in [-0.39, 0.29) is 30.6 Å². The van der Waals surface area contributed by atoms with Gasteiger partial charge in [0.05, 0.1) is 17.8 Å². The summed E-state index contributed by atoms with van der Waals surface area (Å²) in [4.78, 5) is 49.0. The highest BCUT2D eigenvalue weighted by molar-refractivity contribution is 6.30. The summed E-state index contributed by atoms with van der Waals surface area (Å²) >= 11 is 5.92. The number of hydrogen-bond donors (Lipinski definition) is 3. The summed E-state index contributed by atoms with van der Waals surface area (Å²) in [7, 11) is 0. The summed E-state index contributed by atoms with van der Waals surface area (Å²) in [6, 6.07) is 9.83. The number of rotatable bonds is 4. The van der Waals surface area contributed by atoms with Crippen LogP contribution in [-0.2, 0) is 16.0 Å². The number of anilines is 1. The van der Waals surface area contributed by atoms with Gasteiger partial charge in [0, 0.05) is 30.6 Å². The van der Waals surface area contributed by atoms with Gasteiger partial charge in [-0.15, -0.1) is 0 Å². The second kappa shape index (κ2) is 8.49. The van der Waals surface area contributed by atoms with E-state index in [1.807, 2.05) is 18.2 Å². The van der Waals surface area contributed by atoms with Crippen LogP contribution in [0.1, 0.15) is 22.5 Å². The van der Waals surface area contributed by atoms with Gasteiger partial charge in [0.2, 0.25) is 11.8 Å². The van der Waals surface area contributed by atoms with Crippen molar-refractivity contribution in [3.8, 4) is 0 Å². The number of pyridine rings is 1. The van der Waals surface area contributed by atoms with E-state index in [0.29, 0.717) is 35.7 Å². The van der Waals surface area contributed by atoms with Gasteiger partial charge in [-0.2, -0.15) is 0 Å². The van der Waals surface area contributed by atoms with Crippen LogP contribution in [-0.4, -0.2) is 69.5 Å². The summed E-state index contributed by atoms with van der Waals surface area (Å²) < 4.78 is 0. The van der Waals surface area contributed by atoms with Crippen LogP contribution in [0.3, 0.4) is 0 Å². The van der Waals surface area contributed by atoms with Crippen LogP contribution >= 0.6 is 11.6 Å². The van der Waals surface area contributed by atoms with Crippen LogP contribution in [0.2, 0.25) is 5.15 Å². The van der Waals surface area contributed by atoms with Crippen molar-refractivity contribution < 1.29 is 19.5 Å². The lowest BCUT2D eigenvalue weighted by molar-refractivity contribution is -0.131. The van der Waals surface area contributed by atoms with Gasteiger partial charge in [-0.05, 0) is 30.2 Å². The maximum absolute atomic E-state index is 13.3. The molecule has 0 spiro atoms. The number of hydrogen-bond acceptors (Lipinski definition) is 5. The number of H-pyrrole nitrogens is 1. The summed E-state index contributed by atoms with van der Waals surface area (Å²) in [5.41, 5.74) is 2.47. The van der Waals surface area contributed by atoms with Crippen LogP contribution < -0.4 is 10.2 Å². The number of likely N-dealkylation sites (tertiary alicyclic amines) is 1. The van der Waals surface area contributed by atoms with Gasteiger partial charge in [-0.1, -0.05) is 29.8 Å². The Morgan fingerprint density at radius 3 is 2.88 bits per heavy atom. The first-order valence-corrected chi connectivity index (χ1v) is 11.1. The molecule has 4 heterocycles. The van der Waals surface area contributed by atoms with Gasteiger partial charge < -0.3 is 25.2 Å². The number of aliphatic hydroxyl groups is 1. The van der Waals surface area contributed by atoms with E-state index in [1.165, 1.54) is 4.90 Å². The normalized spacial score (nSPS) is 20.2. The minimum Gasteiger partial charge on any atom is -0.391 e. The van der Waals surface area contributed by atoms with Crippen LogP contribution in [0.5, 0.6) is 0 Å². The summed E-state index contributed by atoms with van der Waals surface area (Å²) in [6.07, 6.45) is 1.85. The average molecular weight is 468 g/mol. The number of fused-ring (bicyclic) bond motifs is 2. The Balaban J connectivity index is 1.37. The molecule has 0 saturated carbocycles. The highest BCUT2D eigenvalue weighted by Gasteiger charge is 2.36. The minimum atomic E-state index is -0.822. The van der Waals surface area contributed by atoms with Crippen LogP contribution in [0, 0.1) is 0 Å². The van der Waals surface area contributed by atoms with Crippen molar-refractivity contribution in [3.05, 3.63) is 59.0 Å². The van der Waals surface area contributed by atoms with E-state index in [9.17, 15) is 19.5 Å². The Morgan fingerprint density at radius 1 is 1.27 bits per heavy atom. The fraction of sp³-hybridized carbons (Fsp3) is 0.304. The molecule has 0 radical (unpaired) electrons. The lowest BCUT2D eigenvalue weighted by atomic mass is 9.96. The second-order valence-corrected chi connectivity index (χ2v) is 8.73. The van der Waals surface area contributed by atoms with Gasteiger partial charge in [-0.25, -0.2) is 4.98 Å². The lowest BCUT2D eigenvalue weighted by Crippen LogP contribution is -2.55. The van der Waals surface area contributed by atoms with E-state index in [4.69, 9.17) is 11.6 Å². The van der Waals surface area contributed by atoms with E-state index >= 15 is 0 Å². The van der Waals surface area contributed by atoms with Crippen molar-refractivity contribution in [1.29, 1.82) is 0 Å². The monoisotopic (exact) mass is 467 g/mol. The van der Waals surface area contributed by atoms with Gasteiger partial charge in [0.15, 0.2) is 0 Å². The Kier molecular flexibility index (Phi) is 5.51. The smallest absolute Gasteiger partial charge is 0.268 e. The maximum atomic E-state index is 13.3. The molecule has 0 bridgehead atoms. The first-order valence-electron chi connectivity index (χ1n) is 10.7. The maximum Gasteiger partial charge on any atom is 0.268 e. The lowest BCUT2D eigenvalue weighted by Gasteiger charge is -2.34. The van der Waals surface area contributed by atoms with E-state index in [2.05, 4.69) is 15.3 Å². The van der Waals surface area contributed by atoms with Gasteiger partial charge >= 0.3 is 0 Å². The standard InChI is InChI=1S/C23H22ClN5O4/c24-20-9-14-8-16(26-18(14)10-25-20)22(32)27-17-7-13-3-1-2-4-19(13)29(23(17)33)12-21(31)28-6-5-15(30)11-28/h1-4,8-10,15,17,26,30H,5-7,11-12H2,(H,27,32)/t15-,17?/m0/s1. The molecule has 170 valence electrons. The molecule has 1 unspecified atom stereocenters. The number of β-amino-alcohol motifs (C(OH)–C–C–N with tert-alkyl or cyclic N) is 1. The zero-order chi connectivity index (χ0) is 23.1. The van der Waals surface area contributed by atoms with Crippen molar-refractivity contribution in [3.63, 3.8) is 0 Å². The van der Waals surface area contributed by atoms with Crippen LogP contribution in [0.25, 0.3) is 10.9 Å². The highest BCUT2D eigenvalue weighted by atomic mass is 35.5. The van der Waals surface area contributed by atoms with Crippen LogP contribution in [0.4, 0.5) is 5.69 Å². The Hall–Kier alpha value is -3.43. The second-order valence-electron chi connectivity index (χ2n) is 8.34. The van der Waals surface area contributed by atoms with E-state index in [0.717, 1.165) is 10.9 Å². The molecule has 2 atom stereocenters. The predicted octanol–water partition coefficient (Wildman–Crippen LogP) is 1.50. The molecule has 2 aliphatic heterocycles. The molecule has 1 aromatic carbocycles. The number of aromatic amines is 1. The number of amides is 3. The van der Waals surface area contributed by atoms with Crippen molar-refractivity contribution in [2.75, 3.05) is 24.5 Å². The molecule has 0 aliphatic carbocycles. The SMILES string of the molecule is O=C(NC1Cc2ccccc2N(CC(=O)N2CC[C@H](O)C2)C1=O)c1cc2cc(Cl)ncc2[nH]1. The minimum absolute atomic E-state index is 0.147. The summed E-state index contributed by atoms with van der Waals surface area (Å²) in [5, 5.41) is 13.6. The third-order valence-corrected chi connectivity index (χ3v) is 6.31. The van der Waals surface area contributed by atoms with Crippen molar-refractivity contribution in [2.24, 2.45) is 0 Å². The molecule has 2 aromatic heterocycles. The average Bonchev–Trinajstić information content (AvgIpc) is 3.42. The predicted molar refractivity (Wildman–Crippen MR) is 122 cm³/mol. The fourth-order valence-corrected chi connectivity index (χ4v) is 4.57. The molecule has 3 amide bonds. The first kappa shape index (κ1) is 21.4. The molecule has 9 nitrogen and oxygen atoms in total. The topological polar surface area (TPSA) is 119 Å². The highest BCUT2D eigenvalue weighted by Crippen LogP contribution is 2.28. The molecular weight excluding hydrogens is 446 g/mol. The van der Waals surface area contributed by atoms with Gasteiger partial charge in [0.1, 0.15) is 23.4 Å². The van der Waals surface area contributed by atoms with Gasteiger partial charge in [0.25, 0.3) is 5.91 Å². The number of benzene rings is 1. The Labute approximate surface area is 194 Å². The molecule has 3 aromatic rings. The summed E-state index contributed by atoms with van der Waals surface area (Å²) in [5.74, 6) is -1.02. The number of nitrogens with one attached hydrogen (secondary N) is 2. The first-order chi connectivity index (χ1) is 15.9. The number of carbonyl (C=O) groups excluding carboxylic acids is 3. The molecule has 3 N–H and O–H groups in total. The number of aromatic nitrogens is 2.